The maximum Gasteiger partial charge on any atom is 0.309 e. The average molecular weight is 456 g/mol. The summed E-state index contributed by atoms with van der Waals surface area (Å²) in [6.45, 7) is 3.50. The zero-order valence-corrected chi connectivity index (χ0v) is 20.1. The van der Waals surface area contributed by atoms with Gasteiger partial charge < -0.3 is 24.6 Å². The normalized spacial score (nSPS) is 11.8. The van der Waals surface area contributed by atoms with Crippen LogP contribution in [0.4, 0.5) is 0 Å². The van der Waals surface area contributed by atoms with E-state index in [2.05, 4.69) is 19.1 Å². The summed E-state index contributed by atoms with van der Waals surface area (Å²) in [6.07, 6.45) is 18.2. The van der Waals surface area contributed by atoms with Crippen molar-refractivity contribution in [2.45, 2.75) is 103 Å². The summed E-state index contributed by atoms with van der Waals surface area (Å²) >= 11 is 0. The summed E-state index contributed by atoms with van der Waals surface area (Å²) < 4.78 is 0.203. The van der Waals surface area contributed by atoms with Gasteiger partial charge in [0.2, 0.25) is 0 Å². The Labute approximate surface area is 194 Å². The molecule has 0 aromatic rings. The first-order valence-electron chi connectivity index (χ1n) is 12.4. The van der Waals surface area contributed by atoms with Crippen molar-refractivity contribution in [1.29, 1.82) is 0 Å². The lowest BCUT2D eigenvalue weighted by Gasteiger charge is -2.38. The number of carbonyl (C=O) groups is 3. The van der Waals surface area contributed by atoms with E-state index in [9.17, 15) is 19.5 Å². The molecule has 7 heteroatoms. The van der Waals surface area contributed by atoms with E-state index in [1.807, 2.05) is 0 Å². The second kappa shape index (κ2) is 19.8. The fraction of sp³-hybridized carbons (Fsp3) is 0.800. The van der Waals surface area contributed by atoms with Gasteiger partial charge in [0.25, 0.3) is 0 Å². The van der Waals surface area contributed by atoms with Gasteiger partial charge in [0.1, 0.15) is 0 Å². The van der Waals surface area contributed by atoms with Gasteiger partial charge in [-0.15, -0.1) is 0 Å². The Morgan fingerprint density at radius 3 is 1.56 bits per heavy atom. The van der Waals surface area contributed by atoms with Gasteiger partial charge in [-0.1, -0.05) is 64.0 Å². The number of allylic oxidation sites excluding steroid dienone is 2. The van der Waals surface area contributed by atoms with Crippen LogP contribution in [0.5, 0.6) is 0 Å². The number of hydrogen-bond donors (Lipinski definition) is 2. The Morgan fingerprint density at radius 2 is 1.09 bits per heavy atom. The van der Waals surface area contributed by atoms with Gasteiger partial charge in [-0.3, -0.25) is 9.59 Å². The van der Waals surface area contributed by atoms with E-state index < -0.39 is 17.9 Å². The topological polar surface area (TPSA) is 115 Å². The lowest BCUT2D eigenvalue weighted by atomic mass is 10.1. The zero-order chi connectivity index (χ0) is 24.1. The van der Waals surface area contributed by atoms with Crippen molar-refractivity contribution in [2.75, 3.05) is 26.2 Å². The first-order valence-corrected chi connectivity index (χ1v) is 12.4. The lowest BCUT2D eigenvalue weighted by Crippen LogP contribution is -2.53. The summed E-state index contributed by atoms with van der Waals surface area (Å²) in [4.78, 5) is 33.1. The number of quaternary nitrogens is 1. The van der Waals surface area contributed by atoms with Crippen molar-refractivity contribution in [3.05, 3.63) is 12.2 Å². The van der Waals surface area contributed by atoms with Gasteiger partial charge in [-0.05, 0) is 32.1 Å². The number of nitrogens with zero attached hydrogens (tertiary/aromatic N) is 1. The van der Waals surface area contributed by atoms with Gasteiger partial charge in [-0.2, -0.15) is 0 Å². The van der Waals surface area contributed by atoms with Crippen LogP contribution in [0.25, 0.3) is 0 Å². The molecular formula is C25H45NO6. The van der Waals surface area contributed by atoms with Crippen molar-refractivity contribution in [3.8, 4) is 0 Å². The van der Waals surface area contributed by atoms with Crippen molar-refractivity contribution < 1.29 is 34.2 Å². The van der Waals surface area contributed by atoms with Crippen molar-refractivity contribution >= 4 is 17.9 Å². The highest BCUT2D eigenvalue weighted by Gasteiger charge is 2.28. The van der Waals surface area contributed by atoms with Gasteiger partial charge in [0, 0.05) is 12.4 Å². The minimum atomic E-state index is -1.19. The molecule has 0 aliphatic rings. The number of carbonyl (C=O) groups excluding carboxylic acids is 1. The highest BCUT2D eigenvalue weighted by Crippen LogP contribution is 2.16. The molecule has 0 heterocycles. The molecule has 0 aromatic heterocycles. The summed E-state index contributed by atoms with van der Waals surface area (Å²) in [5.41, 5.74) is 0. The maximum atomic E-state index is 11.1. The number of rotatable bonds is 23. The Balaban J connectivity index is 4.28. The molecule has 0 fully saturated rings. The molecule has 32 heavy (non-hydrogen) atoms. The predicted octanol–water partition coefficient (Wildman–Crippen LogP) is 4.15. The quantitative estimate of drug-likeness (QED) is 0.136. The third-order valence-electron chi connectivity index (χ3n) is 6.03. The van der Waals surface area contributed by atoms with Crippen LogP contribution in [0.1, 0.15) is 103 Å². The molecule has 186 valence electrons. The minimum Gasteiger partial charge on any atom is -0.550 e. The number of carboxylic acids is 3. The van der Waals surface area contributed by atoms with Crippen LogP contribution in [0.15, 0.2) is 12.2 Å². The largest absolute Gasteiger partial charge is 0.550 e. The Kier molecular flexibility index (Phi) is 18.6. The van der Waals surface area contributed by atoms with Crippen LogP contribution < -0.4 is 5.11 Å². The molecule has 0 saturated heterocycles. The second-order valence-electron chi connectivity index (χ2n) is 8.88. The van der Waals surface area contributed by atoms with Gasteiger partial charge in [-0.25, -0.2) is 0 Å². The van der Waals surface area contributed by atoms with E-state index in [0.717, 1.165) is 25.7 Å². The molecule has 2 N–H and O–H groups in total. The number of carboxylic acid groups (broad SMARTS) is 3. The Hall–Kier alpha value is -1.89. The second-order valence-corrected chi connectivity index (χ2v) is 8.88. The summed E-state index contributed by atoms with van der Waals surface area (Å²) in [7, 11) is 0. The van der Waals surface area contributed by atoms with Crippen molar-refractivity contribution in [1.82, 2.24) is 0 Å². The van der Waals surface area contributed by atoms with Crippen molar-refractivity contribution in [2.24, 2.45) is 0 Å². The van der Waals surface area contributed by atoms with Crippen LogP contribution in [0.3, 0.4) is 0 Å². The minimum absolute atomic E-state index is 0.106. The molecule has 0 aliphatic heterocycles. The molecule has 0 radical (unpaired) electrons. The molecule has 0 aromatic carbocycles. The molecule has 0 saturated carbocycles. The first kappa shape index (κ1) is 30.1. The molecule has 7 nitrogen and oxygen atoms in total. The third kappa shape index (κ3) is 18.8. The first-order chi connectivity index (χ1) is 15.3. The fourth-order valence-corrected chi connectivity index (χ4v) is 4.01. The zero-order valence-electron chi connectivity index (χ0n) is 20.1. The number of hydrogen-bond acceptors (Lipinski definition) is 4. The summed E-state index contributed by atoms with van der Waals surface area (Å²) in [5.74, 6) is -3.11. The van der Waals surface area contributed by atoms with E-state index in [4.69, 9.17) is 10.2 Å². The molecule has 0 atom stereocenters. The monoisotopic (exact) mass is 455 g/mol. The summed E-state index contributed by atoms with van der Waals surface area (Å²) in [5, 5.41) is 29.1. The number of aliphatic carboxylic acids is 3. The molecule has 0 spiro atoms. The van der Waals surface area contributed by atoms with Crippen LogP contribution in [0, 0.1) is 0 Å². The summed E-state index contributed by atoms with van der Waals surface area (Å²) in [6, 6.07) is 0. The molecular weight excluding hydrogens is 410 g/mol. The Morgan fingerprint density at radius 1 is 0.656 bits per heavy atom. The fourth-order valence-electron chi connectivity index (χ4n) is 4.01. The predicted molar refractivity (Wildman–Crippen MR) is 124 cm³/mol. The third-order valence-corrected chi connectivity index (χ3v) is 6.03. The Bertz CT molecular complexity index is 501. The van der Waals surface area contributed by atoms with Crippen LogP contribution in [-0.2, 0) is 14.4 Å². The maximum absolute atomic E-state index is 11.1. The molecule has 0 amide bonds. The lowest BCUT2D eigenvalue weighted by molar-refractivity contribution is -0.927. The average Bonchev–Trinajstić information content (AvgIpc) is 2.74. The highest BCUT2D eigenvalue weighted by atomic mass is 16.4. The van der Waals surface area contributed by atoms with E-state index in [1.54, 1.807) is 0 Å². The van der Waals surface area contributed by atoms with Gasteiger partial charge in [0.05, 0.1) is 39.0 Å². The standard InChI is InChI=1S/C25H45NO6/c1-2-3-4-5-6-7-8-9-10-11-12-13-14-15-19-26(20-16-23(27)28,21-17-24(29)30)22-18-25(31)32/h11-12H,2-10,13-22H2,1H3,(H2-,27,28,29,30,31,32)/b12-11+. The highest BCUT2D eigenvalue weighted by molar-refractivity contribution is 5.67. The molecule has 0 rings (SSSR count). The van der Waals surface area contributed by atoms with E-state index in [1.165, 1.54) is 51.4 Å². The van der Waals surface area contributed by atoms with E-state index in [-0.39, 0.29) is 43.4 Å². The van der Waals surface area contributed by atoms with Crippen LogP contribution >= 0.6 is 0 Å². The smallest absolute Gasteiger partial charge is 0.309 e. The number of unbranched alkanes of at least 4 members (excludes halogenated alkanes) is 10. The van der Waals surface area contributed by atoms with Gasteiger partial charge >= 0.3 is 11.9 Å². The SMILES string of the molecule is CCCCCCCCCC/C=C/CCCC[N+](CCC(=O)[O-])(CCC(=O)O)CCC(=O)O. The van der Waals surface area contributed by atoms with Crippen LogP contribution in [-0.4, -0.2) is 58.8 Å². The van der Waals surface area contributed by atoms with Crippen molar-refractivity contribution in [3.63, 3.8) is 0 Å². The van der Waals surface area contributed by atoms with E-state index >= 15 is 0 Å². The van der Waals surface area contributed by atoms with Crippen LogP contribution in [0.2, 0.25) is 0 Å². The van der Waals surface area contributed by atoms with Gasteiger partial charge in [0.15, 0.2) is 0 Å². The molecule has 0 unspecified atom stereocenters. The van der Waals surface area contributed by atoms with E-state index in [0.29, 0.717) is 6.54 Å². The molecule has 0 aliphatic carbocycles. The molecule has 0 bridgehead atoms.